The van der Waals surface area contributed by atoms with E-state index in [1.54, 1.807) is 12.1 Å². The Balaban J connectivity index is 1.32. The molecule has 1 aliphatic rings. The highest BCUT2D eigenvalue weighted by Crippen LogP contribution is 2.28. The summed E-state index contributed by atoms with van der Waals surface area (Å²) in [5.41, 5.74) is 2.65. The van der Waals surface area contributed by atoms with E-state index in [4.69, 9.17) is 20.8 Å². The van der Waals surface area contributed by atoms with Gasteiger partial charge in [-0.25, -0.2) is 0 Å². The topological polar surface area (TPSA) is 70.8 Å². The van der Waals surface area contributed by atoms with E-state index in [0.717, 1.165) is 49.1 Å². The first kappa shape index (κ1) is 18.9. The summed E-state index contributed by atoms with van der Waals surface area (Å²) in [7, 11) is 0. The molecule has 6 nitrogen and oxygen atoms in total. The van der Waals surface area contributed by atoms with E-state index in [0.29, 0.717) is 29.4 Å². The summed E-state index contributed by atoms with van der Waals surface area (Å²) in [6, 6.07) is 11.9. The highest BCUT2D eigenvalue weighted by atomic mass is 35.5. The van der Waals surface area contributed by atoms with Gasteiger partial charge < -0.3 is 19.6 Å². The average Bonchev–Trinajstić information content (AvgIpc) is 3.07. The third-order valence-corrected chi connectivity index (χ3v) is 5.23. The molecular weight excluding hydrogens is 378 g/mol. The minimum Gasteiger partial charge on any atom is -0.504 e. The van der Waals surface area contributed by atoms with Crippen molar-refractivity contribution in [2.24, 2.45) is 0 Å². The van der Waals surface area contributed by atoms with Crippen molar-refractivity contribution in [3.05, 3.63) is 47.0 Å². The summed E-state index contributed by atoms with van der Waals surface area (Å²) in [6.07, 6.45) is 2.02. The number of phenols is 1. The van der Waals surface area contributed by atoms with Crippen LogP contribution in [0.15, 0.2) is 40.8 Å². The van der Waals surface area contributed by atoms with Crippen LogP contribution in [0.5, 0.6) is 11.5 Å². The van der Waals surface area contributed by atoms with Gasteiger partial charge in [0.2, 0.25) is 0 Å². The molecule has 2 aromatic carbocycles. The second-order valence-electron chi connectivity index (χ2n) is 7.06. The Hall–Kier alpha value is -2.44. The number of likely N-dealkylation sites (tertiary alicyclic amines) is 1. The molecule has 148 valence electrons. The van der Waals surface area contributed by atoms with Crippen LogP contribution >= 0.6 is 11.6 Å². The molecule has 1 saturated heterocycles. The fourth-order valence-corrected chi connectivity index (χ4v) is 3.72. The van der Waals surface area contributed by atoms with Crippen LogP contribution in [0.3, 0.4) is 0 Å². The molecule has 28 heavy (non-hydrogen) atoms. The van der Waals surface area contributed by atoms with Crippen LogP contribution in [0.1, 0.15) is 25.3 Å². The number of ether oxygens (including phenoxy) is 1. The quantitative estimate of drug-likeness (QED) is 0.625. The maximum atomic E-state index is 9.85. The molecule has 2 N–H and O–H groups in total. The average molecular weight is 402 g/mol. The number of oxazole rings is 1. The Labute approximate surface area is 169 Å². The SMILES string of the molecule is CCOc1cc(CN2CCC(Nc3nc4cc(Cl)ccc4o3)CC2)ccc1O. The molecule has 3 aromatic rings. The minimum atomic E-state index is 0.188. The van der Waals surface area contributed by atoms with Crippen LogP contribution in [-0.2, 0) is 6.54 Å². The first-order valence-corrected chi connectivity index (χ1v) is 9.98. The Morgan fingerprint density at radius 3 is 2.86 bits per heavy atom. The fraction of sp³-hybridized carbons (Fsp3) is 0.381. The molecule has 1 fully saturated rings. The molecule has 0 unspecified atom stereocenters. The van der Waals surface area contributed by atoms with Gasteiger partial charge in [-0.1, -0.05) is 17.7 Å². The predicted molar refractivity (Wildman–Crippen MR) is 110 cm³/mol. The van der Waals surface area contributed by atoms with Crippen LogP contribution in [0.2, 0.25) is 5.02 Å². The van der Waals surface area contributed by atoms with Gasteiger partial charge in [0.25, 0.3) is 6.01 Å². The van der Waals surface area contributed by atoms with E-state index in [1.807, 2.05) is 31.2 Å². The number of halogens is 1. The maximum Gasteiger partial charge on any atom is 0.295 e. The van der Waals surface area contributed by atoms with Gasteiger partial charge in [-0.05, 0) is 55.7 Å². The van der Waals surface area contributed by atoms with Gasteiger partial charge in [0, 0.05) is 30.7 Å². The third-order valence-electron chi connectivity index (χ3n) is 5.00. The van der Waals surface area contributed by atoms with E-state index in [2.05, 4.69) is 15.2 Å². The number of anilines is 1. The number of hydrogen-bond acceptors (Lipinski definition) is 6. The number of fused-ring (bicyclic) bond motifs is 1. The molecule has 0 aliphatic carbocycles. The smallest absolute Gasteiger partial charge is 0.295 e. The second kappa shape index (κ2) is 8.29. The number of benzene rings is 2. The first-order chi connectivity index (χ1) is 13.6. The van der Waals surface area contributed by atoms with Crippen molar-refractivity contribution in [3.63, 3.8) is 0 Å². The fourth-order valence-electron chi connectivity index (χ4n) is 3.56. The molecule has 1 aliphatic heterocycles. The second-order valence-corrected chi connectivity index (χ2v) is 7.50. The van der Waals surface area contributed by atoms with E-state index in [1.165, 1.54) is 0 Å². The molecule has 2 heterocycles. The number of hydrogen-bond donors (Lipinski definition) is 2. The van der Waals surface area contributed by atoms with Gasteiger partial charge in [0.05, 0.1) is 6.61 Å². The summed E-state index contributed by atoms with van der Waals surface area (Å²) in [5, 5.41) is 13.9. The van der Waals surface area contributed by atoms with E-state index in [9.17, 15) is 5.11 Å². The molecule has 0 saturated carbocycles. The van der Waals surface area contributed by atoms with Gasteiger partial charge in [0.15, 0.2) is 17.1 Å². The lowest BCUT2D eigenvalue weighted by atomic mass is 10.0. The maximum absolute atomic E-state index is 9.85. The number of piperidine rings is 1. The van der Waals surface area contributed by atoms with Crippen LogP contribution in [0.4, 0.5) is 6.01 Å². The van der Waals surface area contributed by atoms with Crippen LogP contribution in [0.25, 0.3) is 11.1 Å². The largest absolute Gasteiger partial charge is 0.504 e. The molecule has 0 spiro atoms. The Morgan fingerprint density at radius 1 is 1.25 bits per heavy atom. The number of phenolic OH excluding ortho intramolecular Hbond substituents is 1. The van der Waals surface area contributed by atoms with Crippen molar-refractivity contribution >= 4 is 28.7 Å². The molecular formula is C21H24ClN3O3. The molecule has 4 rings (SSSR count). The lowest BCUT2D eigenvalue weighted by molar-refractivity contribution is 0.210. The van der Waals surface area contributed by atoms with Gasteiger partial charge in [0.1, 0.15) is 5.52 Å². The molecule has 0 radical (unpaired) electrons. The zero-order valence-electron chi connectivity index (χ0n) is 15.8. The van der Waals surface area contributed by atoms with Crippen molar-refractivity contribution in [2.45, 2.75) is 32.4 Å². The molecule has 0 atom stereocenters. The van der Waals surface area contributed by atoms with E-state index < -0.39 is 0 Å². The van der Waals surface area contributed by atoms with Crippen molar-refractivity contribution in [1.29, 1.82) is 0 Å². The van der Waals surface area contributed by atoms with Crippen molar-refractivity contribution in [2.75, 3.05) is 25.0 Å². The Kier molecular flexibility index (Phi) is 5.59. The van der Waals surface area contributed by atoms with Crippen molar-refractivity contribution in [1.82, 2.24) is 9.88 Å². The summed E-state index contributed by atoms with van der Waals surface area (Å²) in [4.78, 5) is 6.89. The zero-order valence-corrected chi connectivity index (χ0v) is 16.6. The number of aromatic nitrogens is 1. The zero-order chi connectivity index (χ0) is 19.5. The molecule has 1 aromatic heterocycles. The monoisotopic (exact) mass is 401 g/mol. The number of aromatic hydroxyl groups is 1. The summed E-state index contributed by atoms with van der Waals surface area (Å²) < 4.78 is 11.2. The standard InChI is InChI=1S/C21H24ClN3O3/c1-2-27-20-11-14(3-5-18(20)26)13-25-9-7-16(8-10-25)23-21-24-17-12-15(22)4-6-19(17)28-21/h3-6,11-12,16,26H,2,7-10,13H2,1H3,(H,23,24). The minimum absolute atomic E-state index is 0.188. The van der Waals surface area contributed by atoms with Crippen LogP contribution in [0, 0.1) is 0 Å². The lowest BCUT2D eigenvalue weighted by Crippen LogP contribution is -2.38. The predicted octanol–water partition coefficient (Wildman–Crippen LogP) is 4.66. The van der Waals surface area contributed by atoms with E-state index in [-0.39, 0.29) is 5.75 Å². The number of nitrogens with one attached hydrogen (secondary N) is 1. The van der Waals surface area contributed by atoms with Crippen LogP contribution in [-0.4, -0.2) is 40.7 Å². The van der Waals surface area contributed by atoms with Crippen molar-refractivity contribution in [3.8, 4) is 11.5 Å². The number of nitrogens with zero attached hydrogens (tertiary/aromatic N) is 2. The highest BCUT2D eigenvalue weighted by molar-refractivity contribution is 6.31. The van der Waals surface area contributed by atoms with Gasteiger partial charge in [-0.2, -0.15) is 4.98 Å². The van der Waals surface area contributed by atoms with E-state index >= 15 is 0 Å². The Bertz CT molecular complexity index is 951. The Morgan fingerprint density at radius 2 is 2.07 bits per heavy atom. The number of rotatable bonds is 6. The highest BCUT2D eigenvalue weighted by Gasteiger charge is 2.21. The molecule has 0 bridgehead atoms. The summed E-state index contributed by atoms with van der Waals surface area (Å²) >= 11 is 6.01. The lowest BCUT2D eigenvalue weighted by Gasteiger charge is -2.32. The van der Waals surface area contributed by atoms with Gasteiger partial charge >= 0.3 is 0 Å². The molecule has 7 heteroatoms. The van der Waals surface area contributed by atoms with Gasteiger partial charge in [-0.3, -0.25) is 4.90 Å². The van der Waals surface area contributed by atoms with Gasteiger partial charge in [-0.15, -0.1) is 0 Å². The molecule has 0 amide bonds. The summed E-state index contributed by atoms with van der Waals surface area (Å²) in [5.74, 6) is 0.737. The summed E-state index contributed by atoms with van der Waals surface area (Å²) in [6.45, 7) is 5.25. The van der Waals surface area contributed by atoms with Crippen molar-refractivity contribution < 1.29 is 14.3 Å². The third kappa shape index (κ3) is 4.34. The van der Waals surface area contributed by atoms with Crippen LogP contribution < -0.4 is 10.1 Å². The first-order valence-electron chi connectivity index (χ1n) is 9.60. The normalized spacial score (nSPS) is 15.8.